The fraction of sp³-hybridized carbons (Fsp3) is 0.447. The molecule has 6 heterocycles. The van der Waals surface area contributed by atoms with Gasteiger partial charge >= 0.3 is 0 Å². The van der Waals surface area contributed by atoms with Crippen LogP contribution in [0.2, 0.25) is 0 Å². The summed E-state index contributed by atoms with van der Waals surface area (Å²) in [6.45, 7) is 14.3. The SMILES string of the molecule is CC1(C)C(NC(=O)c2ccc(N3CCC(CN4CCN(c5ccc6c(c5)C(=O)N(C5CCC(=O)NC5=O)C6=O)CC4)CC3)nc2)C(C)(C)C1Oc1ccc(C#N)c2[nH]c(=O)ccc12. The Kier molecular flexibility index (Phi) is 10.6. The zero-order valence-corrected chi connectivity index (χ0v) is 35.9. The van der Waals surface area contributed by atoms with E-state index in [4.69, 9.17) is 9.72 Å². The molecular weight excluding hydrogens is 803 g/mol. The third-order valence-corrected chi connectivity index (χ3v) is 14.0. The van der Waals surface area contributed by atoms with Crippen molar-refractivity contribution in [1.82, 2.24) is 30.4 Å². The first-order valence-electron chi connectivity index (χ1n) is 21.7. The molecule has 4 aromatic rings. The molecule has 2 aromatic carbocycles. The number of carbonyl (C=O) groups excluding carboxylic acids is 5. The van der Waals surface area contributed by atoms with E-state index in [1.807, 2.05) is 18.2 Å². The summed E-state index contributed by atoms with van der Waals surface area (Å²) in [7, 11) is 0. The number of carbonyl (C=O) groups is 5. The van der Waals surface area contributed by atoms with Crippen LogP contribution >= 0.6 is 0 Å². The van der Waals surface area contributed by atoms with E-state index in [1.165, 1.54) is 6.07 Å². The van der Waals surface area contributed by atoms with Crippen molar-refractivity contribution in [3.63, 3.8) is 0 Å². The van der Waals surface area contributed by atoms with Crippen LogP contribution in [-0.2, 0) is 9.59 Å². The molecule has 2 aromatic heterocycles. The summed E-state index contributed by atoms with van der Waals surface area (Å²) in [4.78, 5) is 91.7. The van der Waals surface area contributed by atoms with E-state index in [0.29, 0.717) is 39.3 Å². The predicted molar refractivity (Wildman–Crippen MR) is 233 cm³/mol. The van der Waals surface area contributed by atoms with E-state index in [9.17, 15) is 34.0 Å². The van der Waals surface area contributed by atoms with Gasteiger partial charge in [0.15, 0.2) is 0 Å². The third kappa shape index (κ3) is 7.47. The molecule has 9 rings (SSSR count). The second kappa shape index (κ2) is 15.9. The van der Waals surface area contributed by atoms with Gasteiger partial charge in [-0.2, -0.15) is 5.26 Å². The van der Waals surface area contributed by atoms with Gasteiger partial charge in [-0.3, -0.25) is 43.9 Å². The van der Waals surface area contributed by atoms with Gasteiger partial charge in [-0.05, 0) is 73.7 Å². The Labute approximate surface area is 364 Å². The van der Waals surface area contributed by atoms with Gasteiger partial charge in [0.05, 0.1) is 27.8 Å². The molecule has 4 aliphatic heterocycles. The Morgan fingerprint density at radius 2 is 1.59 bits per heavy atom. The number of anilines is 2. The number of ether oxygens (including phenoxy) is 1. The Morgan fingerprint density at radius 1 is 0.857 bits per heavy atom. The zero-order chi connectivity index (χ0) is 44.4. The molecule has 16 heteroatoms. The van der Waals surface area contributed by atoms with Crippen LogP contribution in [0.3, 0.4) is 0 Å². The van der Waals surface area contributed by atoms with Crippen molar-refractivity contribution in [3.05, 3.63) is 93.4 Å². The van der Waals surface area contributed by atoms with Gasteiger partial charge in [-0.1, -0.05) is 27.7 Å². The molecule has 3 saturated heterocycles. The van der Waals surface area contributed by atoms with Gasteiger partial charge in [0.25, 0.3) is 17.7 Å². The number of nitrogens with zero attached hydrogens (tertiary/aromatic N) is 6. The number of imide groups is 2. The number of rotatable bonds is 9. The van der Waals surface area contributed by atoms with Crippen LogP contribution in [0.15, 0.2) is 65.6 Å². The Bertz CT molecular complexity index is 2620. The lowest BCUT2D eigenvalue weighted by atomic mass is 9.49. The van der Waals surface area contributed by atoms with Crippen molar-refractivity contribution in [1.29, 1.82) is 5.26 Å². The number of aromatic nitrogens is 2. The smallest absolute Gasteiger partial charge is 0.262 e. The van der Waals surface area contributed by atoms with Gasteiger partial charge < -0.3 is 24.8 Å². The van der Waals surface area contributed by atoms with Gasteiger partial charge in [0.2, 0.25) is 17.4 Å². The van der Waals surface area contributed by atoms with Crippen LogP contribution in [0, 0.1) is 28.1 Å². The number of nitriles is 1. The number of hydrogen-bond donors (Lipinski definition) is 3. The van der Waals surface area contributed by atoms with Crippen molar-refractivity contribution in [2.24, 2.45) is 16.7 Å². The van der Waals surface area contributed by atoms with Crippen molar-refractivity contribution >= 4 is 51.9 Å². The maximum atomic E-state index is 13.6. The van der Waals surface area contributed by atoms with Crippen molar-refractivity contribution in [3.8, 4) is 11.8 Å². The number of piperazine rings is 1. The van der Waals surface area contributed by atoms with E-state index >= 15 is 0 Å². The number of pyridine rings is 2. The van der Waals surface area contributed by atoms with E-state index in [0.717, 1.165) is 75.1 Å². The molecule has 3 N–H and O–H groups in total. The standard InChI is InChI=1S/C47H51N9O7/c1-46(2)44(47(3,4)45(46)63-35-11-5-28(24-48)39-32(35)9-13-37(57)50-39)52-40(59)29-6-12-36(49-25-29)55-17-15-27(16-18-55)26-53-19-21-54(22-20-53)30-7-8-31-33(23-30)43(62)56(42(31)61)34-10-14-38(58)51-41(34)60/h5-9,11-13,23,25,27,34,44-45H,10,14-22,26H2,1-4H3,(H,50,57)(H,52,59)(H,51,58,60). The van der Waals surface area contributed by atoms with Crippen LogP contribution < -0.4 is 30.7 Å². The molecule has 0 radical (unpaired) electrons. The van der Waals surface area contributed by atoms with Crippen LogP contribution in [0.25, 0.3) is 10.9 Å². The highest BCUT2D eigenvalue weighted by Crippen LogP contribution is 2.56. The highest BCUT2D eigenvalue weighted by Gasteiger charge is 2.64. The molecule has 63 heavy (non-hydrogen) atoms. The normalized spacial score (nSPS) is 23.5. The average Bonchev–Trinajstić information content (AvgIpc) is 3.52. The molecule has 16 nitrogen and oxygen atoms in total. The molecule has 1 atom stereocenters. The molecular formula is C47H51N9O7. The van der Waals surface area contributed by atoms with Crippen molar-refractivity contribution in [2.45, 2.75) is 71.6 Å². The van der Waals surface area contributed by atoms with Gasteiger partial charge in [0.1, 0.15) is 29.8 Å². The number of nitrogens with one attached hydrogen (secondary N) is 3. The first kappa shape index (κ1) is 41.7. The number of piperidine rings is 2. The van der Waals surface area contributed by atoms with Crippen LogP contribution in [-0.4, -0.2) is 113 Å². The summed E-state index contributed by atoms with van der Waals surface area (Å²) in [5, 5.41) is 15.7. The highest BCUT2D eigenvalue weighted by atomic mass is 16.5. The first-order valence-corrected chi connectivity index (χ1v) is 21.7. The molecule has 1 unspecified atom stereocenters. The maximum absolute atomic E-state index is 13.6. The van der Waals surface area contributed by atoms with Gasteiger partial charge in [0, 0.05) is 92.4 Å². The largest absolute Gasteiger partial charge is 0.488 e. The van der Waals surface area contributed by atoms with Crippen LogP contribution in [0.1, 0.15) is 90.0 Å². The second-order valence-corrected chi connectivity index (χ2v) is 18.7. The number of benzene rings is 2. The molecule has 4 fully saturated rings. The lowest BCUT2D eigenvalue weighted by molar-refractivity contribution is -0.163. The number of fused-ring (bicyclic) bond motifs is 2. The third-order valence-electron chi connectivity index (χ3n) is 14.0. The number of aromatic amines is 1. The summed E-state index contributed by atoms with van der Waals surface area (Å²) in [6, 6.07) is 16.5. The fourth-order valence-corrected chi connectivity index (χ4v) is 10.8. The molecule has 1 saturated carbocycles. The Hall–Kier alpha value is -6.60. The minimum atomic E-state index is -0.984. The van der Waals surface area contributed by atoms with Gasteiger partial charge in [-0.25, -0.2) is 4.98 Å². The lowest BCUT2D eigenvalue weighted by Gasteiger charge is -2.63. The van der Waals surface area contributed by atoms with E-state index in [2.05, 4.69) is 64.1 Å². The van der Waals surface area contributed by atoms with Crippen LogP contribution in [0.4, 0.5) is 11.5 Å². The van der Waals surface area contributed by atoms with Crippen molar-refractivity contribution < 1.29 is 28.7 Å². The summed E-state index contributed by atoms with van der Waals surface area (Å²) in [5.74, 6) is -0.250. The number of H-pyrrole nitrogens is 1. The average molecular weight is 854 g/mol. The fourth-order valence-electron chi connectivity index (χ4n) is 10.8. The minimum absolute atomic E-state index is 0.0832. The molecule has 5 aliphatic rings. The predicted octanol–water partition coefficient (Wildman–Crippen LogP) is 3.85. The Balaban J connectivity index is 0.743. The minimum Gasteiger partial charge on any atom is -0.488 e. The van der Waals surface area contributed by atoms with Gasteiger partial charge in [-0.15, -0.1) is 0 Å². The topological polar surface area (TPSA) is 201 Å². The quantitative estimate of drug-likeness (QED) is 0.206. The van der Waals surface area contributed by atoms with E-state index in [1.54, 1.807) is 36.5 Å². The summed E-state index contributed by atoms with van der Waals surface area (Å²) < 4.78 is 6.61. The lowest BCUT2D eigenvalue weighted by Crippen LogP contribution is -2.74. The summed E-state index contributed by atoms with van der Waals surface area (Å²) in [5.41, 5.74) is 1.56. The monoisotopic (exact) mass is 853 g/mol. The molecule has 0 spiro atoms. The summed E-state index contributed by atoms with van der Waals surface area (Å²) in [6.07, 6.45) is 3.64. The van der Waals surface area contributed by atoms with E-state index < -0.39 is 40.5 Å². The maximum Gasteiger partial charge on any atom is 0.262 e. The summed E-state index contributed by atoms with van der Waals surface area (Å²) >= 11 is 0. The number of hydrogen-bond acceptors (Lipinski definition) is 12. The molecule has 0 bridgehead atoms. The van der Waals surface area contributed by atoms with E-state index in [-0.39, 0.29) is 42.0 Å². The second-order valence-electron chi connectivity index (χ2n) is 18.7. The molecule has 5 amide bonds. The molecule has 1 aliphatic carbocycles. The highest BCUT2D eigenvalue weighted by molar-refractivity contribution is 6.23. The van der Waals surface area contributed by atoms with Crippen LogP contribution in [0.5, 0.6) is 5.75 Å². The Morgan fingerprint density at radius 3 is 2.27 bits per heavy atom. The first-order chi connectivity index (χ1) is 30.1. The zero-order valence-electron chi connectivity index (χ0n) is 35.9. The number of amides is 5. The molecule has 326 valence electrons. The van der Waals surface area contributed by atoms with Crippen molar-refractivity contribution in [2.75, 3.05) is 55.6 Å².